The van der Waals surface area contributed by atoms with Crippen LogP contribution in [0.25, 0.3) is 0 Å². The number of aliphatic carboxylic acids is 3. The van der Waals surface area contributed by atoms with Crippen molar-refractivity contribution in [1.29, 1.82) is 0 Å². The van der Waals surface area contributed by atoms with Crippen molar-refractivity contribution in [1.82, 2.24) is 29.5 Å². The van der Waals surface area contributed by atoms with Crippen LogP contribution in [0.1, 0.15) is 35.0 Å². The maximum atomic E-state index is 14.0. The number of carbonyl (C=O) groups excluding carboxylic acids is 1. The number of aromatic nitrogens is 4. The molecule has 51 heavy (non-hydrogen) atoms. The minimum Gasteiger partial charge on any atom is -0.475 e. The summed E-state index contributed by atoms with van der Waals surface area (Å²) in [4.78, 5) is 53.7. The highest BCUT2D eigenvalue weighted by molar-refractivity contribution is 7.09. The molecular weight excluding hydrogens is 735 g/mol. The zero-order valence-electron chi connectivity index (χ0n) is 26.1. The number of aryl methyl sites for hydroxylation is 1. The van der Waals surface area contributed by atoms with Crippen molar-refractivity contribution >= 4 is 35.2 Å². The molecule has 0 aliphatic carbocycles. The van der Waals surface area contributed by atoms with Gasteiger partial charge in [-0.3, -0.25) is 19.4 Å². The Morgan fingerprint density at radius 3 is 1.82 bits per heavy atom. The average Bonchev–Trinajstić information content (AvgIpc) is 3.77. The van der Waals surface area contributed by atoms with Crippen LogP contribution in [-0.4, -0.2) is 107 Å². The van der Waals surface area contributed by atoms with Gasteiger partial charge in [0.15, 0.2) is 0 Å². The molecule has 0 unspecified atom stereocenters. The van der Waals surface area contributed by atoms with Gasteiger partial charge in [0.2, 0.25) is 5.91 Å². The number of pyridine rings is 1. The molecule has 0 aromatic carbocycles. The quantitative estimate of drug-likeness (QED) is 0.310. The lowest BCUT2D eigenvalue weighted by Gasteiger charge is -2.42. The van der Waals surface area contributed by atoms with Crippen molar-refractivity contribution < 1.29 is 74.0 Å². The van der Waals surface area contributed by atoms with Crippen LogP contribution in [0.3, 0.4) is 0 Å². The topological polar surface area (TPSA) is 179 Å². The smallest absolute Gasteiger partial charge is 0.475 e. The van der Waals surface area contributed by atoms with Gasteiger partial charge < -0.3 is 20.2 Å². The number of alkyl halides is 9. The van der Waals surface area contributed by atoms with E-state index in [1.54, 1.807) is 23.7 Å². The molecule has 0 saturated carbocycles. The van der Waals surface area contributed by atoms with Crippen molar-refractivity contribution in [2.45, 2.75) is 50.4 Å². The number of hydrogen-bond acceptors (Lipinski definition) is 9. The number of halogens is 9. The van der Waals surface area contributed by atoms with Crippen LogP contribution >= 0.6 is 11.3 Å². The van der Waals surface area contributed by atoms with Crippen LogP contribution in [0.5, 0.6) is 0 Å². The zero-order chi connectivity index (χ0) is 38.8. The first-order valence-corrected chi connectivity index (χ1v) is 15.0. The number of hydrogen-bond donors (Lipinski definition) is 3. The largest absolute Gasteiger partial charge is 0.490 e. The second-order valence-electron chi connectivity index (χ2n) is 10.8. The number of rotatable bonds is 5. The number of likely N-dealkylation sites (tertiary alicyclic amines) is 2. The van der Waals surface area contributed by atoms with Crippen LogP contribution < -0.4 is 0 Å². The highest BCUT2D eigenvalue weighted by atomic mass is 32.1. The number of amides is 1. The summed E-state index contributed by atoms with van der Waals surface area (Å²) in [5.41, 5.74) is 1.87. The standard InChI is InChI=1S/C22H26N6OS.3C2HF3O2/c1-26-19(5-9-25-26)18-14-27(15-20-24-10-12-30-20)16-22(18)6-2-11-28(21(22)29)13-17-3-7-23-8-4-17;3*3-2(4,5)1(6)7/h3-5,7-10,12,18H,2,6,11,13-16H2,1H3;3*(H,6,7)/t18-,22+;;;/m0.../s1. The molecule has 0 radical (unpaired) electrons. The third-order valence-corrected chi connectivity index (χ3v) is 8.05. The molecule has 3 aromatic rings. The number of carboxylic acid groups (broad SMARTS) is 3. The van der Waals surface area contributed by atoms with Crippen molar-refractivity contribution in [3.63, 3.8) is 0 Å². The Kier molecular flexibility index (Phi) is 14.5. The third kappa shape index (κ3) is 12.5. The first-order chi connectivity index (χ1) is 23.5. The minimum absolute atomic E-state index is 0.137. The van der Waals surface area contributed by atoms with Crippen molar-refractivity contribution in [3.8, 4) is 0 Å². The van der Waals surface area contributed by atoms with Crippen LogP contribution in [0.2, 0.25) is 0 Å². The molecule has 2 aliphatic rings. The van der Waals surface area contributed by atoms with Crippen LogP contribution in [0, 0.1) is 5.41 Å². The average molecular weight is 765 g/mol. The second kappa shape index (κ2) is 17.4. The predicted octanol–water partition coefficient (Wildman–Crippen LogP) is 4.58. The lowest BCUT2D eigenvalue weighted by molar-refractivity contribution is -0.193. The molecule has 0 bridgehead atoms. The molecule has 1 spiro atoms. The first-order valence-electron chi connectivity index (χ1n) is 14.2. The van der Waals surface area contributed by atoms with Gasteiger partial charge in [-0.2, -0.15) is 44.6 Å². The summed E-state index contributed by atoms with van der Waals surface area (Å²) in [6.45, 7) is 3.88. The third-order valence-electron chi connectivity index (χ3n) is 7.29. The van der Waals surface area contributed by atoms with Gasteiger partial charge in [-0.1, -0.05) is 0 Å². The fourth-order valence-corrected chi connectivity index (χ4v) is 5.85. The van der Waals surface area contributed by atoms with Crippen LogP contribution in [-0.2, 0) is 39.3 Å². The number of piperidine rings is 1. The monoisotopic (exact) mass is 764 g/mol. The summed E-state index contributed by atoms with van der Waals surface area (Å²) >= 11 is 1.68. The van der Waals surface area contributed by atoms with E-state index in [9.17, 15) is 44.3 Å². The molecule has 2 aliphatic heterocycles. The second-order valence-corrected chi connectivity index (χ2v) is 11.8. The summed E-state index contributed by atoms with van der Waals surface area (Å²) in [6.07, 6.45) is -6.02. The fourth-order valence-electron chi connectivity index (χ4n) is 5.19. The lowest BCUT2D eigenvalue weighted by atomic mass is 9.70. The SMILES string of the molecule is Cn1nccc1[C@@H]1CN(Cc2nccs2)C[C@]12CCCN(Cc1ccncc1)C2=O.O=C(O)C(F)(F)F.O=C(O)C(F)(F)F.O=C(O)C(F)(F)F. The summed E-state index contributed by atoms with van der Waals surface area (Å²) in [6, 6.07) is 6.07. The predicted molar refractivity (Wildman–Crippen MR) is 156 cm³/mol. The number of carbonyl (C=O) groups is 4. The Morgan fingerprint density at radius 2 is 1.39 bits per heavy atom. The zero-order valence-corrected chi connectivity index (χ0v) is 26.9. The summed E-state index contributed by atoms with van der Waals surface area (Å²) in [7, 11) is 1.98. The minimum atomic E-state index is -5.08. The van der Waals surface area contributed by atoms with Gasteiger partial charge in [0, 0.05) is 75.0 Å². The fraction of sp³-hybridized carbons (Fsp3) is 0.464. The number of thiazole rings is 1. The van der Waals surface area contributed by atoms with Crippen molar-refractivity contribution in [2.75, 3.05) is 19.6 Å². The van der Waals surface area contributed by atoms with E-state index < -0.39 is 41.9 Å². The molecule has 3 aromatic heterocycles. The molecule has 1 amide bonds. The molecule has 3 N–H and O–H groups in total. The molecular formula is C28H29F9N6O7S. The Morgan fingerprint density at radius 1 is 0.863 bits per heavy atom. The van der Waals surface area contributed by atoms with Crippen LogP contribution in [0.15, 0.2) is 48.4 Å². The van der Waals surface area contributed by atoms with Crippen LogP contribution in [0.4, 0.5) is 39.5 Å². The van der Waals surface area contributed by atoms with Gasteiger partial charge in [-0.25, -0.2) is 19.4 Å². The molecule has 282 valence electrons. The normalized spacial score (nSPS) is 19.2. The van der Waals surface area contributed by atoms with Crippen molar-refractivity contribution in [2.24, 2.45) is 12.5 Å². The van der Waals surface area contributed by atoms with E-state index in [0.29, 0.717) is 6.54 Å². The highest BCUT2D eigenvalue weighted by Crippen LogP contribution is 2.49. The molecule has 2 saturated heterocycles. The molecule has 5 rings (SSSR count). The number of nitrogens with zero attached hydrogens (tertiary/aromatic N) is 6. The molecule has 5 heterocycles. The first kappa shape index (κ1) is 42.4. The number of carboxylic acids is 3. The summed E-state index contributed by atoms with van der Waals surface area (Å²) in [5, 5.41) is 28.9. The van der Waals surface area contributed by atoms with E-state index in [4.69, 9.17) is 29.7 Å². The summed E-state index contributed by atoms with van der Waals surface area (Å²) < 4.78 is 97.1. The van der Waals surface area contributed by atoms with E-state index in [2.05, 4.69) is 30.9 Å². The molecule has 2 atom stereocenters. The Labute approximate surface area is 285 Å². The van der Waals surface area contributed by atoms with Gasteiger partial charge in [0.25, 0.3) is 0 Å². The summed E-state index contributed by atoms with van der Waals surface area (Å²) in [5.74, 6) is -7.86. The lowest BCUT2D eigenvalue weighted by Crippen LogP contribution is -2.52. The van der Waals surface area contributed by atoms with E-state index in [0.717, 1.165) is 55.3 Å². The van der Waals surface area contributed by atoms with E-state index >= 15 is 0 Å². The van der Waals surface area contributed by atoms with Gasteiger partial charge in [-0.15, -0.1) is 11.3 Å². The molecule has 13 nitrogen and oxygen atoms in total. The maximum Gasteiger partial charge on any atom is 0.490 e. The van der Waals surface area contributed by atoms with Gasteiger partial charge in [0.05, 0.1) is 12.0 Å². The molecule has 2 fully saturated rings. The van der Waals surface area contributed by atoms with Gasteiger partial charge in [-0.05, 0) is 36.6 Å². The van der Waals surface area contributed by atoms with E-state index in [1.165, 1.54) is 0 Å². The van der Waals surface area contributed by atoms with Crippen molar-refractivity contribution in [3.05, 3.63) is 64.6 Å². The Balaban J connectivity index is 0.000000352. The maximum absolute atomic E-state index is 14.0. The Bertz CT molecular complexity index is 1550. The van der Waals surface area contributed by atoms with E-state index in [-0.39, 0.29) is 11.8 Å². The highest BCUT2D eigenvalue weighted by Gasteiger charge is 2.56. The Hall–Kier alpha value is -4.80. The van der Waals surface area contributed by atoms with E-state index in [1.807, 2.05) is 41.6 Å². The van der Waals surface area contributed by atoms with Gasteiger partial charge >= 0.3 is 36.4 Å². The molecule has 23 heteroatoms. The van der Waals surface area contributed by atoms with Gasteiger partial charge in [0.1, 0.15) is 5.01 Å².